The van der Waals surface area contributed by atoms with Crippen LogP contribution < -0.4 is 11.1 Å². The molecule has 3 aromatic rings. The Labute approximate surface area is 174 Å². The highest BCUT2D eigenvalue weighted by atomic mass is 32.1. The van der Waals surface area contributed by atoms with E-state index in [1.54, 1.807) is 17.5 Å². The standard InChI is InChI=1S/C21H24N6OS/c1-14-5-8-23-19(11-14)26-18-4-2-3-16(25-18)17-12-24-20(29-17)13-27-9-6-15(7-10-27)21(22)28/h2-5,8,11-12,15H,6-7,9-10,13H2,1H3,(H2,22,28)(H,23,25,26). The molecule has 29 heavy (non-hydrogen) atoms. The van der Waals surface area contributed by atoms with Gasteiger partial charge in [0.2, 0.25) is 5.91 Å². The first-order valence-corrected chi connectivity index (χ1v) is 10.5. The minimum Gasteiger partial charge on any atom is -0.369 e. The smallest absolute Gasteiger partial charge is 0.220 e. The number of carbonyl (C=O) groups excluding carboxylic acids is 1. The van der Waals surface area contributed by atoms with Crippen molar-refractivity contribution in [3.63, 3.8) is 0 Å². The van der Waals surface area contributed by atoms with Crippen LogP contribution in [0.4, 0.5) is 11.6 Å². The molecule has 3 N–H and O–H groups in total. The second-order valence-corrected chi connectivity index (χ2v) is 8.44. The molecule has 1 fully saturated rings. The number of nitrogens with two attached hydrogens (primary N) is 1. The average Bonchev–Trinajstić information content (AvgIpc) is 3.17. The molecule has 8 heteroatoms. The monoisotopic (exact) mass is 408 g/mol. The highest BCUT2D eigenvalue weighted by Gasteiger charge is 2.23. The van der Waals surface area contributed by atoms with Crippen LogP contribution in [0, 0.1) is 12.8 Å². The van der Waals surface area contributed by atoms with E-state index in [-0.39, 0.29) is 11.8 Å². The van der Waals surface area contributed by atoms with Gasteiger partial charge in [0.1, 0.15) is 16.6 Å². The summed E-state index contributed by atoms with van der Waals surface area (Å²) >= 11 is 1.65. The zero-order valence-corrected chi connectivity index (χ0v) is 17.2. The maximum absolute atomic E-state index is 11.3. The highest BCUT2D eigenvalue weighted by Crippen LogP contribution is 2.28. The van der Waals surface area contributed by atoms with Crippen LogP contribution in [0.1, 0.15) is 23.4 Å². The quantitative estimate of drug-likeness (QED) is 0.649. The fraction of sp³-hybridized carbons (Fsp3) is 0.333. The van der Waals surface area contributed by atoms with Gasteiger partial charge in [-0.2, -0.15) is 0 Å². The number of hydrogen-bond acceptors (Lipinski definition) is 7. The van der Waals surface area contributed by atoms with E-state index in [2.05, 4.69) is 20.2 Å². The third-order valence-corrected chi connectivity index (χ3v) is 6.08. The molecule has 4 heterocycles. The van der Waals surface area contributed by atoms with Crippen molar-refractivity contribution >= 4 is 28.9 Å². The molecule has 150 valence electrons. The first-order valence-electron chi connectivity index (χ1n) is 9.70. The predicted octanol–water partition coefficient (Wildman–Crippen LogP) is 3.35. The van der Waals surface area contributed by atoms with E-state index in [0.717, 1.165) is 65.3 Å². The van der Waals surface area contributed by atoms with Crippen LogP contribution >= 0.6 is 11.3 Å². The summed E-state index contributed by atoms with van der Waals surface area (Å²) in [6.07, 6.45) is 5.32. The van der Waals surface area contributed by atoms with Crippen molar-refractivity contribution in [1.82, 2.24) is 19.9 Å². The number of piperidine rings is 1. The van der Waals surface area contributed by atoms with Gasteiger partial charge in [0.15, 0.2) is 0 Å². The van der Waals surface area contributed by atoms with Crippen LogP contribution in [-0.4, -0.2) is 38.8 Å². The predicted molar refractivity (Wildman–Crippen MR) is 115 cm³/mol. The molecular formula is C21H24N6OS. The Balaban J connectivity index is 1.41. The summed E-state index contributed by atoms with van der Waals surface area (Å²) in [5.74, 6) is 1.37. The number of hydrogen-bond donors (Lipinski definition) is 2. The summed E-state index contributed by atoms with van der Waals surface area (Å²) in [5.41, 5.74) is 7.45. The van der Waals surface area contributed by atoms with Gasteiger partial charge in [-0.15, -0.1) is 11.3 Å². The van der Waals surface area contributed by atoms with Gasteiger partial charge < -0.3 is 11.1 Å². The van der Waals surface area contributed by atoms with E-state index >= 15 is 0 Å². The number of likely N-dealkylation sites (tertiary alicyclic amines) is 1. The highest BCUT2D eigenvalue weighted by molar-refractivity contribution is 7.15. The number of amides is 1. The zero-order chi connectivity index (χ0) is 20.2. The number of nitrogens with zero attached hydrogens (tertiary/aromatic N) is 4. The number of thiazole rings is 1. The Hall–Kier alpha value is -2.84. The molecule has 4 rings (SSSR count). The molecule has 0 radical (unpaired) electrons. The Morgan fingerprint density at radius 1 is 1.24 bits per heavy atom. The van der Waals surface area contributed by atoms with Crippen molar-refractivity contribution in [3.8, 4) is 10.6 Å². The van der Waals surface area contributed by atoms with Gasteiger partial charge in [-0.05, 0) is 62.7 Å². The van der Waals surface area contributed by atoms with E-state index in [1.165, 1.54) is 0 Å². The van der Waals surface area contributed by atoms with Crippen LogP contribution in [0.25, 0.3) is 10.6 Å². The zero-order valence-electron chi connectivity index (χ0n) is 16.3. The van der Waals surface area contributed by atoms with Gasteiger partial charge in [0.25, 0.3) is 0 Å². The molecule has 1 saturated heterocycles. The van der Waals surface area contributed by atoms with Gasteiger partial charge in [-0.25, -0.2) is 15.0 Å². The normalized spacial score (nSPS) is 15.3. The molecule has 3 aromatic heterocycles. The molecule has 0 atom stereocenters. The summed E-state index contributed by atoms with van der Waals surface area (Å²) in [5, 5.41) is 4.31. The maximum atomic E-state index is 11.3. The van der Waals surface area contributed by atoms with E-state index < -0.39 is 0 Å². The Kier molecular flexibility index (Phi) is 5.82. The van der Waals surface area contributed by atoms with E-state index in [0.29, 0.717) is 0 Å². The molecule has 0 bridgehead atoms. The van der Waals surface area contributed by atoms with Crippen molar-refractivity contribution in [3.05, 3.63) is 53.3 Å². The van der Waals surface area contributed by atoms with Crippen LogP contribution in [0.15, 0.2) is 42.7 Å². The first kappa shape index (κ1) is 19.5. The number of aromatic nitrogens is 3. The maximum Gasteiger partial charge on any atom is 0.220 e. The molecule has 1 aliphatic rings. The van der Waals surface area contributed by atoms with Gasteiger partial charge in [-0.1, -0.05) is 6.07 Å². The summed E-state index contributed by atoms with van der Waals surface area (Å²) in [6.45, 7) is 4.58. The average molecular weight is 409 g/mol. The van der Waals surface area contributed by atoms with Crippen molar-refractivity contribution in [2.24, 2.45) is 11.7 Å². The molecule has 0 spiro atoms. The number of anilines is 2. The first-order chi connectivity index (χ1) is 14.1. The minimum absolute atomic E-state index is 0.0143. The van der Waals surface area contributed by atoms with Gasteiger partial charge in [-0.3, -0.25) is 9.69 Å². The largest absolute Gasteiger partial charge is 0.369 e. The number of carbonyl (C=O) groups is 1. The third-order valence-electron chi connectivity index (χ3n) is 5.08. The van der Waals surface area contributed by atoms with E-state index in [9.17, 15) is 4.79 Å². The lowest BCUT2D eigenvalue weighted by Gasteiger charge is -2.29. The molecule has 0 saturated carbocycles. The molecule has 0 unspecified atom stereocenters. The lowest BCUT2D eigenvalue weighted by molar-refractivity contribution is -0.123. The van der Waals surface area contributed by atoms with Crippen LogP contribution in [0.2, 0.25) is 0 Å². The third kappa shape index (κ3) is 4.96. The lowest BCUT2D eigenvalue weighted by Crippen LogP contribution is -2.38. The van der Waals surface area contributed by atoms with Gasteiger partial charge in [0, 0.05) is 18.3 Å². The molecule has 0 aromatic carbocycles. The van der Waals surface area contributed by atoms with E-state index in [4.69, 9.17) is 10.7 Å². The number of rotatable bonds is 6. The molecular weight excluding hydrogens is 384 g/mol. The lowest BCUT2D eigenvalue weighted by atomic mass is 9.96. The SMILES string of the molecule is Cc1ccnc(Nc2cccc(-c3cnc(CN4CCC(C(N)=O)CC4)s3)n2)c1. The van der Waals surface area contributed by atoms with Crippen LogP contribution in [-0.2, 0) is 11.3 Å². The van der Waals surface area contributed by atoms with Gasteiger partial charge >= 0.3 is 0 Å². The summed E-state index contributed by atoms with van der Waals surface area (Å²) in [4.78, 5) is 28.3. The number of aryl methyl sites for hydroxylation is 1. The Morgan fingerprint density at radius 3 is 2.83 bits per heavy atom. The number of nitrogens with one attached hydrogen (secondary N) is 1. The molecule has 1 aliphatic heterocycles. The van der Waals surface area contributed by atoms with Crippen molar-refractivity contribution in [2.45, 2.75) is 26.3 Å². The fourth-order valence-electron chi connectivity index (χ4n) is 3.45. The van der Waals surface area contributed by atoms with Gasteiger partial charge in [0.05, 0.1) is 17.1 Å². The second-order valence-electron chi connectivity index (χ2n) is 7.32. The fourth-order valence-corrected chi connectivity index (χ4v) is 4.38. The topological polar surface area (TPSA) is 97.0 Å². The summed E-state index contributed by atoms with van der Waals surface area (Å²) in [6, 6.07) is 9.85. The van der Waals surface area contributed by atoms with Crippen molar-refractivity contribution < 1.29 is 4.79 Å². The molecule has 7 nitrogen and oxygen atoms in total. The number of pyridine rings is 2. The van der Waals surface area contributed by atoms with Crippen LogP contribution in [0.3, 0.4) is 0 Å². The van der Waals surface area contributed by atoms with Crippen molar-refractivity contribution in [1.29, 1.82) is 0 Å². The molecule has 1 amide bonds. The van der Waals surface area contributed by atoms with Crippen molar-refractivity contribution in [2.75, 3.05) is 18.4 Å². The summed E-state index contributed by atoms with van der Waals surface area (Å²) in [7, 11) is 0. The minimum atomic E-state index is -0.179. The molecule has 0 aliphatic carbocycles. The number of primary amides is 1. The van der Waals surface area contributed by atoms with E-state index in [1.807, 2.05) is 43.5 Å². The van der Waals surface area contributed by atoms with Crippen LogP contribution in [0.5, 0.6) is 0 Å². The second kappa shape index (κ2) is 8.67. The Morgan fingerprint density at radius 2 is 2.07 bits per heavy atom. The summed E-state index contributed by atoms with van der Waals surface area (Å²) < 4.78 is 0. The Bertz CT molecular complexity index is 996.